The minimum atomic E-state index is 0.491. The van der Waals surface area contributed by atoms with E-state index in [-0.39, 0.29) is 0 Å². The van der Waals surface area contributed by atoms with Crippen molar-refractivity contribution in [1.82, 2.24) is 0 Å². The second kappa shape index (κ2) is 4.13. The molecule has 0 unspecified atom stereocenters. The summed E-state index contributed by atoms with van der Waals surface area (Å²) >= 11 is 0. The molecular weight excluding hydrogens is 184 g/mol. The van der Waals surface area contributed by atoms with Crippen molar-refractivity contribution in [2.75, 3.05) is 17.6 Å². The molecule has 0 saturated heterocycles. The highest BCUT2D eigenvalue weighted by Crippen LogP contribution is 2.37. The Kier molecular flexibility index (Phi) is 2.85. The van der Waals surface area contributed by atoms with Gasteiger partial charge in [0.15, 0.2) is 0 Å². The van der Waals surface area contributed by atoms with Gasteiger partial charge in [-0.15, -0.1) is 0 Å². The van der Waals surface area contributed by atoms with Gasteiger partial charge in [0.25, 0.3) is 0 Å². The van der Waals surface area contributed by atoms with Crippen molar-refractivity contribution in [3.8, 4) is 0 Å². The Morgan fingerprint density at radius 2 is 2.07 bits per heavy atom. The van der Waals surface area contributed by atoms with Gasteiger partial charge in [-0.3, -0.25) is 0 Å². The zero-order valence-corrected chi connectivity index (χ0v) is 9.42. The molecule has 1 aliphatic rings. The summed E-state index contributed by atoms with van der Waals surface area (Å²) in [7, 11) is 0. The molecule has 1 saturated carbocycles. The summed E-state index contributed by atoms with van der Waals surface area (Å²) in [6.45, 7) is 3.44. The van der Waals surface area contributed by atoms with E-state index >= 15 is 0 Å². The van der Waals surface area contributed by atoms with E-state index in [4.69, 9.17) is 5.73 Å². The lowest BCUT2D eigenvalue weighted by atomic mass is 9.89. The molecule has 0 spiro atoms. The third-order valence-electron chi connectivity index (χ3n) is 3.42. The van der Waals surface area contributed by atoms with Crippen LogP contribution in [0.4, 0.5) is 11.4 Å². The van der Waals surface area contributed by atoms with Gasteiger partial charge in [-0.2, -0.15) is 0 Å². The van der Waals surface area contributed by atoms with Crippen LogP contribution in [0.25, 0.3) is 0 Å². The van der Waals surface area contributed by atoms with Crippen molar-refractivity contribution in [3.05, 3.63) is 24.3 Å². The maximum atomic E-state index is 5.74. The second-order valence-electron chi connectivity index (χ2n) is 5.00. The quantitative estimate of drug-likeness (QED) is 0.742. The molecule has 0 aliphatic heterocycles. The van der Waals surface area contributed by atoms with Crippen LogP contribution < -0.4 is 11.1 Å². The van der Waals surface area contributed by atoms with E-state index in [1.807, 2.05) is 18.2 Å². The van der Waals surface area contributed by atoms with Crippen molar-refractivity contribution in [2.24, 2.45) is 5.41 Å². The molecule has 82 valence electrons. The molecule has 0 aromatic heterocycles. The van der Waals surface area contributed by atoms with E-state index in [0.717, 1.165) is 17.9 Å². The molecule has 0 amide bonds. The smallest absolute Gasteiger partial charge is 0.0360 e. The average Bonchev–Trinajstić information content (AvgIpc) is 2.63. The topological polar surface area (TPSA) is 38.0 Å². The van der Waals surface area contributed by atoms with Gasteiger partial charge >= 0.3 is 0 Å². The molecule has 2 rings (SSSR count). The van der Waals surface area contributed by atoms with Gasteiger partial charge in [-0.25, -0.2) is 0 Å². The molecule has 2 heteroatoms. The largest absolute Gasteiger partial charge is 0.399 e. The highest BCUT2D eigenvalue weighted by molar-refractivity contribution is 5.54. The summed E-state index contributed by atoms with van der Waals surface area (Å²) in [4.78, 5) is 0. The first kappa shape index (κ1) is 10.3. The van der Waals surface area contributed by atoms with Crippen LogP contribution in [0, 0.1) is 5.41 Å². The van der Waals surface area contributed by atoms with Crippen LogP contribution in [-0.2, 0) is 0 Å². The summed E-state index contributed by atoms with van der Waals surface area (Å²) < 4.78 is 0. The first-order valence-electron chi connectivity index (χ1n) is 5.77. The fourth-order valence-electron chi connectivity index (χ4n) is 2.37. The normalized spacial score (nSPS) is 19.0. The van der Waals surface area contributed by atoms with Gasteiger partial charge in [0.1, 0.15) is 0 Å². The number of benzene rings is 1. The number of rotatable bonds is 3. The fourth-order valence-corrected chi connectivity index (χ4v) is 2.37. The van der Waals surface area contributed by atoms with E-state index in [2.05, 4.69) is 18.3 Å². The van der Waals surface area contributed by atoms with Gasteiger partial charge in [0.2, 0.25) is 0 Å². The molecule has 0 radical (unpaired) electrons. The van der Waals surface area contributed by atoms with Crippen molar-refractivity contribution in [1.29, 1.82) is 0 Å². The van der Waals surface area contributed by atoms with Crippen LogP contribution in [0.1, 0.15) is 32.6 Å². The number of nitrogen functional groups attached to an aromatic ring is 1. The Morgan fingerprint density at radius 3 is 2.73 bits per heavy atom. The molecule has 0 heterocycles. The van der Waals surface area contributed by atoms with E-state index < -0.39 is 0 Å². The fraction of sp³-hybridized carbons (Fsp3) is 0.538. The average molecular weight is 204 g/mol. The summed E-state index contributed by atoms with van der Waals surface area (Å²) in [5.74, 6) is 0. The van der Waals surface area contributed by atoms with E-state index in [1.54, 1.807) is 0 Å². The van der Waals surface area contributed by atoms with Gasteiger partial charge in [-0.05, 0) is 36.5 Å². The van der Waals surface area contributed by atoms with E-state index in [9.17, 15) is 0 Å². The summed E-state index contributed by atoms with van der Waals surface area (Å²) in [5.41, 5.74) is 8.20. The van der Waals surface area contributed by atoms with E-state index in [1.165, 1.54) is 25.7 Å². The molecule has 0 atom stereocenters. The van der Waals surface area contributed by atoms with Crippen molar-refractivity contribution >= 4 is 11.4 Å². The minimum Gasteiger partial charge on any atom is -0.399 e. The Morgan fingerprint density at radius 1 is 1.33 bits per heavy atom. The molecule has 2 nitrogen and oxygen atoms in total. The van der Waals surface area contributed by atoms with Crippen LogP contribution in [0.2, 0.25) is 0 Å². The molecule has 3 N–H and O–H groups in total. The van der Waals surface area contributed by atoms with Crippen LogP contribution in [-0.4, -0.2) is 6.54 Å². The lowest BCUT2D eigenvalue weighted by Crippen LogP contribution is -2.22. The standard InChI is InChI=1S/C13H20N2/c1-13(7-2-3-8-13)10-15-12-6-4-5-11(14)9-12/h4-6,9,15H,2-3,7-8,10,14H2,1H3. The number of hydrogen-bond donors (Lipinski definition) is 2. The molecule has 0 bridgehead atoms. The number of nitrogens with two attached hydrogens (primary N) is 1. The van der Waals surface area contributed by atoms with Gasteiger partial charge in [0.05, 0.1) is 0 Å². The van der Waals surface area contributed by atoms with Crippen molar-refractivity contribution < 1.29 is 0 Å². The summed E-state index contributed by atoms with van der Waals surface area (Å²) in [6, 6.07) is 7.99. The Labute approximate surface area is 91.9 Å². The van der Waals surface area contributed by atoms with Crippen molar-refractivity contribution in [3.63, 3.8) is 0 Å². The zero-order chi connectivity index (χ0) is 10.7. The highest BCUT2D eigenvalue weighted by atomic mass is 14.9. The molecule has 1 aromatic carbocycles. The van der Waals surface area contributed by atoms with Crippen LogP contribution in [0.3, 0.4) is 0 Å². The number of nitrogens with one attached hydrogen (secondary N) is 1. The van der Waals surface area contributed by atoms with Crippen LogP contribution >= 0.6 is 0 Å². The van der Waals surface area contributed by atoms with E-state index in [0.29, 0.717) is 5.41 Å². The monoisotopic (exact) mass is 204 g/mol. The maximum Gasteiger partial charge on any atom is 0.0360 e. The predicted molar refractivity (Wildman–Crippen MR) is 65.9 cm³/mol. The molecule has 1 aromatic rings. The Bertz CT molecular complexity index is 327. The van der Waals surface area contributed by atoms with Gasteiger partial charge in [-0.1, -0.05) is 25.8 Å². The van der Waals surface area contributed by atoms with Gasteiger partial charge in [0, 0.05) is 17.9 Å². The Hall–Kier alpha value is -1.18. The van der Waals surface area contributed by atoms with Crippen LogP contribution in [0.5, 0.6) is 0 Å². The lowest BCUT2D eigenvalue weighted by Gasteiger charge is -2.24. The zero-order valence-electron chi connectivity index (χ0n) is 9.42. The molecule has 1 aliphatic carbocycles. The minimum absolute atomic E-state index is 0.491. The summed E-state index contributed by atoms with van der Waals surface area (Å²) in [6.07, 6.45) is 5.47. The second-order valence-corrected chi connectivity index (χ2v) is 5.00. The summed E-state index contributed by atoms with van der Waals surface area (Å²) in [5, 5.41) is 3.49. The molecule has 15 heavy (non-hydrogen) atoms. The van der Waals surface area contributed by atoms with Gasteiger partial charge < -0.3 is 11.1 Å². The first-order chi connectivity index (χ1) is 7.18. The highest BCUT2D eigenvalue weighted by Gasteiger charge is 2.27. The maximum absolute atomic E-state index is 5.74. The first-order valence-corrected chi connectivity index (χ1v) is 5.77. The number of anilines is 2. The molecule has 1 fully saturated rings. The third-order valence-corrected chi connectivity index (χ3v) is 3.42. The van der Waals surface area contributed by atoms with Crippen molar-refractivity contribution in [2.45, 2.75) is 32.6 Å². The lowest BCUT2D eigenvalue weighted by molar-refractivity contribution is 0.362. The SMILES string of the molecule is CC1(CNc2cccc(N)c2)CCCC1. The Balaban J connectivity index is 1.92. The third kappa shape index (κ3) is 2.65. The van der Waals surface area contributed by atoms with Crippen LogP contribution in [0.15, 0.2) is 24.3 Å². The number of hydrogen-bond acceptors (Lipinski definition) is 2. The predicted octanol–water partition coefficient (Wildman–Crippen LogP) is 3.26. The molecular formula is C13H20N2.